The van der Waals surface area contributed by atoms with Crippen molar-refractivity contribution in [2.24, 2.45) is 0 Å². The highest BCUT2D eigenvalue weighted by molar-refractivity contribution is 7.92. The number of hydrogen-bond acceptors (Lipinski definition) is 9. The second kappa shape index (κ2) is 13.6. The summed E-state index contributed by atoms with van der Waals surface area (Å²) in [6.07, 6.45) is 3.62. The zero-order valence-corrected chi connectivity index (χ0v) is 25.6. The van der Waals surface area contributed by atoms with Crippen LogP contribution in [0.3, 0.4) is 0 Å². The van der Waals surface area contributed by atoms with Crippen LogP contribution in [0.2, 0.25) is 0 Å². The molecule has 0 aliphatic heterocycles. The minimum absolute atomic E-state index is 0.0638. The number of carbonyl (C=O) groups is 1. The Labute approximate surface area is 256 Å². The van der Waals surface area contributed by atoms with E-state index in [9.17, 15) is 13.2 Å². The van der Waals surface area contributed by atoms with E-state index in [1.165, 1.54) is 55.4 Å². The number of aromatic nitrogens is 3. The van der Waals surface area contributed by atoms with E-state index < -0.39 is 10.0 Å². The predicted molar refractivity (Wildman–Crippen MR) is 170 cm³/mol. The molecule has 0 aliphatic rings. The number of nitrogens with zero attached hydrogens (tertiary/aromatic N) is 5. The van der Waals surface area contributed by atoms with Gasteiger partial charge < -0.3 is 24.4 Å². The Morgan fingerprint density at radius 1 is 0.932 bits per heavy atom. The second-order valence-electron chi connectivity index (χ2n) is 9.88. The Balaban J connectivity index is 1.31. The maximum absolute atomic E-state index is 13.2. The summed E-state index contributed by atoms with van der Waals surface area (Å²) in [5.41, 5.74) is 3.68. The fourth-order valence-electron chi connectivity index (χ4n) is 4.88. The molecular formula is C32H34N6O5S. The smallest absolute Gasteiger partial charge is 0.322 e. The van der Waals surface area contributed by atoms with Crippen molar-refractivity contribution in [3.8, 4) is 17.0 Å². The van der Waals surface area contributed by atoms with Gasteiger partial charge >= 0.3 is 6.47 Å². The van der Waals surface area contributed by atoms with Gasteiger partial charge in [-0.25, -0.2) is 9.97 Å². The molecule has 3 aromatic carbocycles. The zero-order valence-electron chi connectivity index (χ0n) is 24.8. The van der Waals surface area contributed by atoms with Crippen LogP contribution in [-0.2, 0) is 26.2 Å². The third-order valence-corrected chi connectivity index (χ3v) is 8.95. The number of nitrogens with one attached hydrogen (secondary N) is 1. The molecule has 0 atom stereocenters. The van der Waals surface area contributed by atoms with Crippen LogP contribution < -0.4 is 14.5 Å². The van der Waals surface area contributed by atoms with Gasteiger partial charge in [0.2, 0.25) is 0 Å². The lowest BCUT2D eigenvalue weighted by molar-refractivity contribution is -0.128. The third-order valence-electron chi connectivity index (χ3n) is 7.35. The highest BCUT2D eigenvalue weighted by atomic mass is 32.2. The fourth-order valence-corrected chi connectivity index (χ4v) is 6.10. The number of ether oxygens (including phenoxy) is 1. The topological polar surface area (TPSA) is 119 Å². The van der Waals surface area contributed by atoms with Gasteiger partial charge in [0.1, 0.15) is 17.9 Å². The molecule has 0 bridgehead atoms. The zero-order chi connectivity index (χ0) is 31.1. The maximum Gasteiger partial charge on any atom is 0.322 e. The van der Waals surface area contributed by atoms with Gasteiger partial charge in [-0.2, -0.15) is 8.42 Å². The molecule has 44 heavy (non-hydrogen) atoms. The SMILES string of the molecule is CCN(CC)CCn1ccc2cc(-c3cc(Nc4ccc(N(OC=O)S(=O)(=O)c5ccc(OC)cc5)cc4)ncn3)ccc21. The monoisotopic (exact) mass is 614 g/mol. The Hall–Kier alpha value is -4.94. The first-order valence-electron chi connectivity index (χ1n) is 14.2. The first kappa shape index (κ1) is 30.5. The van der Waals surface area contributed by atoms with Crippen molar-refractivity contribution < 1.29 is 22.8 Å². The quantitative estimate of drug-likeness (QED) is 0.128. The lowest BCUT2D eigenvalue weighted by Gasteiger charge is -2.21. The van der Waals surface area contributed by atoms with E-state index >= 15 is 0 Å². The summed E-state index contributed by atoms with van der Waals surface area (Å²) in [7, 11) is -2.71. The number of rotatable bonds is 14. The first-order chi connectivity index (χ1) is 21.4. The molecule has 0 fully saturated rings. The minimum atomic E-state index is -4.19. The summed E-state index contributed by atoms with van der Waals surface area (Å²) in [6, 6.07) is 22.4. The minimum Gasteiger partial charge on any atom is -0.497 e. The molecule has 12 heteroatoms. The van der Waals surface area contributed by atoms with Crippen LogP contribution in [-0.4, -0.2) is 61.1 Å². The maximum atomic E-state index is 13.2. The number of likely N-dealkylation sites (N-methyl/N-ethyl adjacent to an activating group) is 1. The highest BCUT2D eigenvalue weighted by Gasteiger charge is 2.27. The van der Waals surface area contributed by atoms with Crippen molar-refractivity contribution in [2.45, 2.75) is 25.3 Å². The van der Waals surface area contributed by atoms with Gasteiger partial charge in [-0.05, 0) is 79.8 Å². The first-order valence-corrected chi connectivity index (χ1v) is 15.6. The second-order valence-corrected chi connectivity index (χ2v) is 11.6. The molecule has 5 rings (SSSR count). The molecular weight excluding hydrogens is 580 g/mol. The van der Waals surface area contributed by atoms with Crippen LogP contribution in [0.4, 0.5) is 17.2 Å². The molecule has 0 unspecified atom stereocenters. The molecule has 0 spiro atoms. The standard InChI is InChI=1S/C32H34N6O5S/c1-4-36(5-2)18-19-37-17-16-25-20-24(6-15-31(25)37)30-21-32(34-22-33-30)35-26-7-9-27(10-8-26)38(43-23-39)44(40,41)29-13-11-28(42-3)12-14-29/h6-17,20-23H,4-5,18-19H2,1-3H3,(H,33,34,35). The highest BCUT2D eigenvalue weighted by Crippen LogP contribution is 2.29. The molecule has 11 nitrogen and oxygen atoms in total. The van der Waals surface area contributed by atoms with Gasteiger partial charge in [0.05, 0.1) is 23.4 Å². The van der Waals surface area contributed by atoms with Gasteiger partial charge in [0.25, 0.3) is 10.0 Å². The number of fused-ring (bicyclic) bond motifs is 1. The van der Waals surface area contributed by atoms with E-state index in [1.807, 2.05) is 6.07 Å². The molecule has 1 N–H and O–H groups in total. The van der Waals surface area contributed by atoms with Crippen LogP contribution in [0, 0.1) is 0 Å². The molecule has 2 aromatic heterocycles. The van der Waals surface area contributed by atoms with Crippen LogP contribution in [0.5, 0.6) is 5.75 Å². The molecule has 228 valence electrons. The molecule has 0 aliphatic carbocycles. The number of methoxy groups -OCH3 is 1. The summed E-state index contributed by atoms with van der Waals surface area (Å²) in [4.78, 5) is 27.2. The van der Waals surface area contributed by atoms with E-state index in [4.69, 9.17) is 9.57 Å². The number of sulfonamides is 1. The van der Waals surface area contributed by atoms with E-state index in [-0.39, 0.29) is 17.1 Å². The summed E-state index contributed by atoms with van der Waals surface area (Å²) in [5.74, 6) is 1.06. The Kier molecular flexibility index (Phi) is 9.41. The molecule has 2 heterocycles. The van der Waals surface area contributed by atoms with Crippen molar-refractivity contribution in [1.82, 2.24) is 19.4 Å². The van der Waals surface area contributed by atoms with Crippen LogP contribution >= 0.6 is 0 Å². The third kappa shape index (κ3) is 6.66. The number of carbonyl (C=O) groups excluding carboxylic acids is 1. The summed E-state index contributed by atoms with van der Waals surface area (Å²) in [5, 5.41) is 4.36. The molecule has 0 radical (unpaired) electrons. The van der Waals surface area contributed by atoms with E-state index in [0.29, 0.717) is 21.7 Å². The van der Waals surface area contributed by atoms with E-state index in [1.54, 1.807) is 12.1 Å². The van der Waals surface area contributed by atoms with Gasteiger partial charge in [-0.3, -0.25) is 4.79 Å². The lowest BCUT2D eigenvalue weighted by atomic mass is 10.1. The van der Waals surface area contributed by atoms with E-state index in [0.717, 1.165) is 42.8 Å². The van der Waals surface area contributed by atoms with Crippen molar-refractivity contribution in [1.29, 1.82) is 0 Å². The molecule has 0 amide bonds. The molecule has 0 saturated carbocycles. The van der Waals surface area contributed by atoms with Gasteiger partial charge in [-0.15, -0.1) is 0 Å². The number of hydrogen-bond donors (Lipinski definition) is 1. The van der Waals surface area contributed by atoms with Crippen molar-refractivity contribution >= 4 is 44.6 Å². The van der Waals surface area contributed by atoms with E-state index in [2.05, 4.69) is 69.1 Å². The van der Waals surface area contributed by atoms with Crippen LogP contribution in [0.1, 0.15) is 13.8 Å². The summed E-state index contributed by atoms with van der Waals surface area (Å²) < 4.78 is 34.3. The van der Waals surface area contributed by atoms with Gasteiger partial charge in [0.15, 0.2) is 0 Å². The van der Waals surface area contributed by atoms with Crippen molar-refractivity contribution in [3.63, 3.8) is 0 Å². The lowest BCUT2D eigenvalue weighted by Crippen LogP contribution is -2.30. The average molecular weight is 615 g/mol. The largest absolute Gasteiger partial charge is 0.497 e. The normalized spacial score (nSPS) is 11.5. The number of benzene rings is 3. The molecule has 5 aromatic rings. The van der Waals surface area contributed by atoms with Crippen molar-refractivity contribution in [2.75, 3.05) is 36.5 Å². The summed E-state index contributed by atoms with van der Waals surface area (Å²) >= 11 is 0. The Bertz CT molecular complexity index is 1820. The number of anilines is 3. The molecule has 0 saturated heterocycles. The average Bonchev–Trinajstić information content (AvgIpc) is 3.47. The van der Waals surface area contributed by atoms with Gasteiger partial charge in [0, 0.05) is 47.5 Å². The van der Waals surface area contributed by atoms with Gasteiger partial charge in [-0.1, -0.05) is 24.4 Å². The predicted octanol–water partition coefficient (Wildman–Crippen LogP) is 5.48. The van der Waals surface area contributed by atoms with Crippen molar-refractivity contribution in [3.05, 3.63) is 91.4 Å². The Morgan fingerprint density at radius 3 is 2.36 bits per heavy atom. The van der Waals surface area contributed by atoms with Crippen LogP contribution in [0.15, 0.2) is 96.3 Å². The summed E-state index contributed by atoms with van der Waals surface area (Å²) in [6.45, 7) is 8.42. The Morgan fingerprint density at radius 2 is 1.68 bits per heavy atom. The fraction of sp³-hybridized carbons (Fsp3) is 0.219. The van der Waals surface area contributed by atoms with Crippen LogP contribution in [0.25, 0.3) is 22.2 Å².